The highest BCUT2D eigenvalue weighted by Crippen LogP contribution is 2.75. The highest BCUT2D eigenvalue weighted by atomic mass is 16.3. The van der Waals surface area contributed by atoms with E-state index >= 15 is 0 Å². The number of nitrogens with zero attached hydrogens (tertiary/aromatic N) is 1. The van der Waals surface area contributed by atoms with Crippen LogP contribution in [0.25, 0.3) is 50.4 Å². The topological polar surface area (TPSA) is 16.4 Å². The van der Waals surface area contributed by atoms with E-state index in [0.717, 1.165) is 64.4 Å². The van der Waals surface area contributed by atoms with Gasteiger partial charge in [0.1, 0.15) is 11.3 Å². The normalized spacial score (nSPS) is 27.7. The van der Waals surface area contributed by atoms with E-state index < -0.39 is 0 Å². The highest BCUT2D eigenvalue weighted by molar-refractivity contribution is 5.94. The number of allylic oxidation sites excluding steroid dienone is 3. The van der Waals surface area contributed by atoms with Gasteiger partial charge in [0.25, 0.3) is 0 Å². The van der Waals surface area contributed by atoms with E-state index in [4.69, 9.17) is 4.42 Å². The van der Waals surface area contributed by atoms with Gasteiger partial charge in [0.05, 0.1) is 0 Å². The molecule has 60 heavy (non-hydrogen) atoms. The van der Waals surface area contributed by atoms with E-state index in [1.807, 2.05) is 0 Å². The third-order valence-electron chi connectivity index (χ3n) is 16.6. The van der Waals surface area contributed by atoms with Gasteiger partial charge < -0.3 is 9.32 Å². The van der Waals surface area contributed by atoms with E-state index in [1.165, 1.54) is 89.3 Å². The Morgan fingerprint density at radius 3 is 2.17 bits per heavy atom. The number of anilines is 3. The van der Waals surface area contributed by atoms with Gasteiger partial charge in [0.2, 0.25) is 0 Å². The van der Waals surface area contributed by atoms with E-state index in [1.54, 1.807) is 11.1 Å². The number of fused-ring (bicyclic) bond motifs is 13. The molecule has 6 aliphatic carbocycles. The first-order chi connectivity index (χ1) is 29.6. The predicted molar refractivity (Wildman–Crippen MR) is 248 cm³/mol. The standard InChI is InChI=1S/C58H51NO/c1-37-31-43-36-57-34-38(32-53(37)57)19-24-42(35-57)58(43)51-16-9-8-14-50(51)56-47(15-10-17-52(56)58)41-22-27-45(28-23-41)59(44-25-20-40(21-26-44)39-11-4-2-5-12-39)46-29-30-49-48-13-6-3-7-18-54(48)60-55(49)33-46/h2-12,14-18,20-23,25-30,33,37-38,42-43,53H,13,19,24,31-32,34-36H2,1H3. The summed E-state index contributed by atoms with van der Waals surface area (Å²) < 4.78 is 6.52. The van der Waals surface area contributed by atoms with Crippen LogP contribution < -0.4 is 4.90 Å². The van der Waals surface area contributed by atoms with Crippen molar-refractivity contribution in [2.75, 3.05) is 4.90 Å². The van der Waals surface area contributed by atoms with Crippen molar-refractivity contribution in [1.29, 1.82) is 0 Å². The first kappa shape index (κ1) is 34.9. The summed E-state index contributed by atoms with van der Waals surface area (Å²) in [5.41, 5.74) is 17.6. The summed E-state index contributed by atoms with van der Waals surface area (Å²) in [6.07, 6.45) is 19.4. The molecule has 0 saturated heterocycles. The smallest absolute Gasteiger partial charge is 0.137 e. The fourth-order valence-corrected chi connectivity index (χ4v) is 14.5. The molecule has 6 aromatic carbocycles. The van der Waals surface area contributed by atoms with Crippen LogP contribution in [0.1, 0.15) is 74.3 Å². The van der Waals surface area contributed by atoms with Crippen molar-refractivity contribution in [1.82, 2.24) is 0 Å². The second-order valence-corrected chi connectivity index (χ2v) is 19.4. The Labute approximate surface area is 354 Å². The van der Waals surface area contributed by atoms with Gasteiger partial charge in [0.15, 0.2) is 0 Å². The molecular weight excluding hydrogens is 727 g/mol. The molecule has 1 heterocycles. The molecule has 13 rings (SSSR count). The fourth-order valence-electron chi connectivity index (χ4n) is 14.5. The van der Waals surface area contributed by atoms with Gasteiger partial charge in [-0.05, 0) is 167 Å². The summed E-state index contributed by atoms with van der Waals surface area (Å²) in [6, 6.07) is 52.8. The zero-order valence-corrected chi connectivity index (χ0v) is 34.5. The van der Waals surface area contributed by atoms with Crippen molar-refractivity contribution in [2.45, 2.75) is 63.7 Å². The molecule has 2 nitrogen and oxygen atoms in total. The summed E-state index contributed by atoms with van der Waals surface area (Å²) >= 11 is 0. The highest BCUT2D eigenvalue weighted by Gasteiger charge is 2.66. The van der Waals surface area contributed by atoms with Crippen LogP contribution in [-0.2, 0) is 11.8 Å². The Bertz CT molecular complexity index is 2880. The van der Waals surface area contributed by atoms with Crippen LogP contribution in [0, 0.1) is 35.0 Å². The average molecular weight is 778 g/mol. The van der Waals surface area contributed by atoms with E-state index in [0.29, 0.717) is 5.41 Å². The molecule has 0 aliphatic heterocycles. The van der Waals surface area contributed by atoms with E-state index in [2.05, 4.69) is 176 Å². The summed E-state index contributed by atoms with van der Waals surface area (Å²) in [7, 11) is 0. The first-order valence-corrected chi connectivity index (χ1v) is 22.8. The molecule has 1 aromatic heterocycles. The molecule has 7 atom stereocenters. The number of benzene rings is 6. The Morgan fingerprint density at radius 1 is 0.600 bits per heavy atom. The Balaban J connectivity index is 0.924. The molecule has 2 spiro atoms. The molecular formula is C58H51NO. The summed E-state index contributed by atoms with van der Waals surface area (Å²) in [5.74, 6) is 5.13. The number of furan rings is 1. The Hall–Kier alpha value is -5.86. The maximum Gasteiger partial charge on any atom is 0.137 e. The van der Waals surface area contributed by atoms with Crippen LogP contribution in [0.2, 0.25) is 0 Å². The maximum absolute atomic E-state index is 6.52. The molecule has 294 valence electrons. The molecule has 4 saturated carbocycles. The Kier molecular flexibility index (Phi) is 7.61. The lowest BCUT2D eigenvalue weighted by Crippen LogP contribution is -2.55. The summed E-state index contributed by atoms with van der Waals surface area (Å²) in [5, 5.41) is 1.18. The molecule has 6 aliphatic rings. The quantitative estimate of drug-likeness (QED) is 0.173. The van der Waals surface area contributed by atoms with Crippen LogP contribution in [0.5, 0.6) is 0 Å². The predicted octanol–water partition coefficient (Wildman–Crippen LogP) is 15.5. The van der Waals surface area contributed by atoms with Crippen LogP contribution in [0.15, 0.2) is 162 Å². The van der Waals surface area contributed by atoms with Gasteiger partial charge in [-0.2, -0.15) is 0 Å². The second kappa shape index (κ2) is 13.1. The lowest BCUT2D eigenvalue weighted by atomic mass is 9.42. The van der Waals surface area contributed by atoms with Gasteiger partial charge in [-0.15, -0.1) is 0 Å². The number of hydrogen-bond donors (Lipinski definition) is 0. The van der Waals surface area contributed by atoms with Crippen molar-refractivity contribution >= 4 is 34.1 Å². The lowest BCUT2D eigenvalue weighted by Gasteiger charge is -2.61. The van der Waals surface area contributed by atoms with Crippen molar-refractivity contribution in [3.63, 3.8) is 0 Å². The monoisotopic (exact) mass is 777 g/mol. The van der Waals surface area contributed by atoms with E-state index in [-0.39, 0.29) is 5.41 Å². The van der Waals surface area contributed by atoms with Crippen molar-refractivity contribution in [3.8, 4) is 33.4 Å². The van der Waals surface area contributed by atoms with Crippen LogP contribution >= 0.6 is 0 Å². The maximum atomic E-state index is 6.52. The minimum atomic E-state index is 0.120. The summed E-state index contributed by atoms with van der Waals surface area (Å²) in [4.78, 5) is 2.39. The van der Waals surface area contributed by atoms with Crippen LogP contribution in [0.4, 0.5) is 17.1 Å². The number of hydrogen-bond acceptors (Lipinski definition) is 2. The molecule has 2 heteroatoms. The molecule has 0 amide bonds. The van der Waals surface area contributed by atoms with Crippen molar-refractivity contribution < 1.29 is 4.42 Å². The minimum absolute atomic E-state index is 0.120. The summed E-state index contributed by atoms with van der Waals surface area (Å²) in [6.45, 7) is 2.63. The second-order valence-electron chi connectivity index (χ2n) is 19.4. The molecule has 7 unspecified atom stereocenters. The largest absolute Gasteiger partial charge is 0.456 e. The molecule has 4 bridgehead atoms. The fraction of sp³-hybridized carbons (Fsp3) is 0.276. The van der Waals surface area contributed by atoms with Crippen LogP contribution in [0.3, 0.4) is 0 Å². The average Bonchev–Trinajstić information content (AvgIpc) is 3.81. The molecule has 0 N–H and O–H groups in total. The zero-order chi connectivity index (χ0) is 39.6. The molecule has 0 radical (unpaired) electrons. The van der Waals surface area contributed by atoms with Crippen molar-refractivity contribution in [3.05, 3.63) is 180 Å². The van der Waals surface area contributed by atoms with Gasteiger partial charge >= 0.3 is 0 Å². The van der Waals surface area contributed by atoms with Gasteiger partial charge in [-0.3, -0.25) is 0 Å². The SMILES string of the molecule is CC1CC2CC34CC(CCC(C3)C23c2ccccc2-c2c(-c5ccc(N(c6ccc(-c7ccccc7)cc6)c6ccc7c8c(oc7c6)C=CC=CC8)cc5)cccc23)CC14. The molecule has 7 aromatic rings. The molecule has 4 fully saturated rings. The van der Waals surface area contributed by atoms with Crippen LogP contribution in [-0.4, -0.2) is 0 Å². The third kappa shape index (κ3) is 4.94. The third-order valence-corrected chi connectivity index (χ3v) is 16.6. The van der Waals surface area contributed by atoms with Crippen molar-refractivity contribution in [2.24, 2.45) is 35.0 Å². The zero-order valence-electron chi connectivity index (χ0n) is 34.5. The Morgan fingerprint density at radius 2 is 1.32 bits per heavy atom. The lowest BCUT2D eigenvalue weighted by molar-refractivity contribution is -0.0662. The van der Waals surface area contributed by atoms with Gasteiger partial charge in [-0.1, -0.05) is 129 Å². The van der Waals surface area contributed by atoms with E-state index in [9.17, 15) is 0 Å². The van der Waals surface area contributed by atoms with Gasteiger partial charge in [-0.25, -0.2) is 0 Å². The number of rotatable bonds is 5. The first-order valence-electron chi connectivity index (χ1n) is 22.8. The minimum Gasteiger partial charge on any atom is -0.456 e. The van der Waals surface area contributed by atoms with Gasteiger partial charge in [0, 0.05) is 39.5 Å².